The molecule has 0 aliphatic heterocycles. The second-order valence-corrected chi connectivity index (χ2v) is 5.51. The van der Waals surface area contributed by atoms with Crippen LogP contribution in [0.2, 0.25) is 0 Å². The SMILES string of the molecule is O=S(O)c1cccc2c(C3CCC3)cccc12.[H-].[Na+]. The first-order valence-corrected chi connectivity index (χ1v) is 7.00. The van der Waals surface area contributed by atoms with E-state index < -0.39 is 11.1 Å². The second kappa shape index (κ2) is 5.85. The normalized spacial score (nSPS) is 16.9. The van der Waals surface area contributed by atoms with Gasteiger partial charge in [0, 0.05) is 5.39 Å². The molecule has 18 heavy (non-hydrogen) atoms. The van der Waals surface area contributed by atoms with Gasteiger partial charge in [-0.05, 0) is 35.8 Å². The fourth-order valence-electron chi connectivity index (χ4n) is 2.53. The summed E-state index contributed by atoms with van der Waals surface area (Å²) in [6.07, 6.45) is 3.78. The Hall–Kier alpha value is -0.190. The number of hydrogen-bond acceptors (Lipinski definition) is 1. The van der Waals surface area contributed by atoms with Crippen molar-refractivity contribution in [2.24, 2.45) is 0 Å². The summed E-state index contributed by atoms with van der Waals surface area (Å²) in [4.78, 5) is 0.517. The van der Waals surface area contributed by atoms with Crippen molar-refractivity contribution in [3.05, 3.63) is 42.0 Å². The molecule has 4 heteroatoms. The van der Waals surface area contributed by atoms with Crippen LogP contribution in [0.25, 0.3) is 10.8 Å². The largest absolute Gasteiger partial charge is 1.00 e. The van der Waals surface area contributed by atoms with E-state index in [0.717, 1.165) is 10.8 Å². The first-order chi connectivity index (χ1) is 8.27. The minimum Gasteiger partial charge on any atom is -1.00 e. The zero-order chi connectivity index (χ0) is 11.8. The van der Waals surface area contributed by atoms with E-state index in [2.05, 4.69) is 12.1 Å². The molecule has 1 aliphatic rings. The van der Waals surface area contributed by atoms with Gasteiger partial charge in [0.1, 0.15) is 0 Å². The predicted octanol–water partition coefficient (Wildman–Crippen LogP) is 0.804. The van der Waals surface area contributed by atoms with E-state index in [9.17, 15) is 8.76 Å². The maximum atomic E-state index is 11.3. The summed E-state index contributed by atoms with van der Waals surface area (Å²) in [5, 5.41) is 2.05. The van der Waals surface area contributed by atoms with Crippen molar-refractivity contribution >= 4 is 21.9 Å². The van der Waals surface area contributed by atoms with E-state index >= 15 is 0 Å². The van der Waals surface area contributed by atoms with Crippen LogP contribution in [0.3, 0.4) is 0 Å². The molecule has 0 radical (unpaired) electrons. The zero-order valence-corrected chi connectivity index (χ0v) is 13.2. The molecule has 1 fully saturated rings. The van der Waals surface area contributed by atoms with Crippen LogP contribution in [0, 0.1) is 0 Å². The maximum absolute atomic E-state index is 11.3. The Labute approximate surface area is 133 Å². The Balaban J connectivity index is 0.000000902. The van der Waals surface area contributed by atoms with Crippen molar-refractivity contribution < 1.29 is 39.7 Å². The second-order valence-electron chi connectivity index (χ2n) is 4.58. The minimum atomic E-state index is -1.91. The van der Waals surface area contributed by atoms with E-state index in [4.69, 9.17) is 0 Å². The molecule has 90 valence electrons. The molecule has 0 amide bonds. The van der Waals surface area contributed by atoms with Crippen LogP contribution in [0.1, 0.15) is 32.2 Å². The maximum Gasteiger partial charge on any atom is 1.00 e. The van der Waals surface area contributed by atoms with E-state index in [1.165, 1.54) is 24.8 Å². The molecule has 1 unspecified atom stereocenters. The first-order valence-electron chi connectivity index (χ1n) is 5.90. The molecule has 0 saturated heterocycles. The summed E-state index contributed by atoms with van der Waals surface area (Å²) in [6.45, 7) is 0. The van der Waals surface area contributed by atoms with Crippen LogP contribution < -0.4 is 29.6 Å². The van der Waals surface area contributed by atoms with Crippen molar-refractivity contribution in [2.45, 2.75) is 30.1 Å². The number of hydrogen-bond donors (Lipinski definition) is 1. The molecule has 2 aromatic carbocycles. The Morgan fingerprint density at radius 3 is 2.39 bits per heavy atom. The van der Waals surface area contributed by atoms with Gasteiger partial charge in [-0.1, -0.05) is 36.8 Å². The third-order valence-corrected chi connectivity index (χ3v) is 4.38. The summed E-state index contributed by atoms with van der Waals surface area (Å²) in [5.74, 6) is 0.640. The topological polar surface area (TPSA) is 37.3 Å². The first kappa shape index (κ1) is 14.2. The summed E-state index contributed by atoms with van der Waals surface area (Å²) in [5.41, 5.74) is 1.33. The molecule has 0 bridgehead atoms. The number of benzene rings is 2. The van der Waals surface area contributed by atoms with Gasteiger partial charge in [-0.3, -0.25) is 0 Å². The van der Waals surface area contributed by atoms with Crippen LogP contribution in [-0.4, -0.2) is 8.76 Å². The van der Waals surface area contributed by atoms with Crippen LogP contribution in [0.4, 0.5) is 0 Å². The van der Waals surface area contributed by atoms with Gasteiger partial charge >= 0.3 is 29.6 Å². The van der Waals surface area contributed by atoms with Gasteiger partial charge in [0.2, 0.25) is 0 Å². The van der Waals surface area contributed by atoms with E-state index in [1.807, 2.05) is 18.2 Å². The van der Waals surface area contributed by atoms with E-state index in [-0.39, 0.29) is 31.0 Å². The standard InChI is InChI=1S/C14H14O2S.Na.H/c15-17(16)14-9-3-7-12-11(10-4-1-5-10)6-2-8-13(12)14;;/h2-3,6-10H,1,4-5H2,(H,15,16);;/q;+1;-1. The van der Waals surface area contributed by atoms with Gasteiger partial charge in [0.05, 0.1) is 4.90 Å². The summed E-state index contributed by atoms with van der Waals surface area (Å²) < 4.78 is 20.6. The average Bonchev–Trinajstić information content (AvgIpc) is 2.26. The van der Waals surface area contributed by atoms with Gasteiger partial charge in [0.25, 0.3) is 0 Å². The molecule has 3 rings (SSSR count). The molecule has 0 aromatic heterocycles. The van der Waals surface area contributed by atoms with Crippen molar-refractivity contribution in [2.75, 3.05) is 0 Å². The van der Waals surface area contributed by atoms with Gasteiger partial charge in [-0.2, -0.15) is 0 Å². The van der Waals surface area contributed by atoms with Crippen LogP contribution >= 0.6 is 0 Å². The summed E-state index contributed by atoms with van der Waals surface area (Å²) >= 11 is -1.91. The van der Waals surface area contributed by atoms with Crippen molar-refractivity contribution in [1.29, 1.82) is 0 Å². The summed E-state index contributed by atoms with van der Waals surface area (Å²) in [6, 6.07) is 11.7. The summed E-state index contributed by atoms with van der Waals surface area (Å²) in [7, 11) is 0. The predicted molar refractivity (Wildman–Crippen MR) is 70.7 cm³/mol. The minimum absolute atomic E-state index is 0. The molecule has 1 saturated carbocycles. The molecule has 0 spiro atoms. The molecule has 2 aromatic rings. The smallest absolute Gasteiger partial charge is 1.00 e. The molecule has 1 aliphatic carbocycles. The van der Waals surface area contributed by atoms with Crippen molar-refractivity contribution in [3.63, 3.8) is 0 Å². The molecule has 1 N–H and O–H groups in total. The van der Waals surface area contributed by atoms with Crippen molar-refractivity contribution in [1.82, 2.24) is 0 Å². The zero-order valence-electron chi connectivity index (χ0n) is 11.4. The van der Waals surface area contributed by atoms with E-state index in [1.54, 1.807) is 6.07 Å². The van der Waals surface area contributed by atoms with Crippen LogP contribution in [-0.2, 0) is 11.1 Å². The van der Waals surface area contributed by atoms with E-state index in [0.29, 0.717) is 10.8 Å². The van der Waals surface area contributed by atoms with Gasteiger partial charge in [0.15, 0.2) is 11.1 Å². The monoisotopic (exact) mass is 270 g/mol. The van der Waals surface area contributed by atoms with Crippen LogP contribution in [0.15, 0.2) is 41.3 Å². The van der Waals surface area contributed by atoms with Gasteiger partial charge in [-0.25, -0.2) is 4.21 Å². The van der Waals surface area contributed by atoms with Gasteiger partial charge in [-0.15, -0.1) is 0 Å². The quantitative estimate of drug-likeness (QED) is 0.647. The molecular formula is C14H15NaO2S. The van der Waals surface area contributed by atoms with Crippen LogP contribution in [0.5, 0.6) is 0 Å². The molecule has 2 nitrogen and oxygen atoms in total. The molecule has 1 atom stereocenters. The Morgan fingerprint density at radius 2 is 1.78 bits per heavy atom. The third kappa shape index (κ3) is 2.43. The van der Waals surface area contributed by atoms with Crippen molar-refractivity contribution in [3.8, 4) is 0 Å². The molecule has 0 heterocycles. The fraction of sp³-hybridized carbons (Fsp3) is 0.286. The third-order valence-electron chi connectivity index (χ3n) is 3.65. The Bertz CT molecular complexity index is 599. The Morgan fingerprint density at radius 1 is 1.11 bits per heavy atom. The molecular weight excluding hydrogens is 255 g/mol. The fourth-order valence-corrected chi connectivity index (χ4v) is 3.09. The number of fused-ring (bicyclic) bond motifs is 1. The van der Waals surface area contributed by atoms with Gasteiger partial charge < -0.3 is 5.98 Å². The average molecular weight is 270 g/mol. The Kier molecular flexibility index (Phi) is 4.62. The number of rotatable bonds is 2.